The van der Waals surface area contributed by atoms with Crippen molar-refractivity contribution in [3.63, 3.8) is 0 Å². The van der Waals surface area contributed by atoms with Gasteiger partial charge in [0.25, 0.3) is 5.91 Å². The summed E-state index contributed by atoms with van der Waals surface area (Å²) in [6.07, 6.45) is 8.64. The second kappa shape index (κ2) is 12.6. The van der Waals surface area contributed by atoms with Crippen molar-refractivity contribution in [2.24, 2.45) is 0 Å². The molecule has 3 aromatic rings. The van der Waals surface area contributed by atoms with Crippen LogP contribution in [0.2, 0.25) is 0 Å². The van der Waals surface area contributed by atoms with Crippen molar-refractivity contribution >= 4 is 33.0 Å². The number of aromatic nitrogens is 3. The van der Waals surface area contributed by atoms with Crippen LogP contribution in [0.1, 0.15) is 60.4 Å². The summed E-state index contributed by atoms with van der Waals surface area (Å²) >= 11 is 1.22. The molecule has 1 fully saturated rings. The largest absolute Gasteiger partial charge is 0.477 e. The molecule has 2 N–H and O–H groups in total. The molecule has 1 atom stereocenters. The molecule has 12 heteroatoms. The molecule has 0 unspecified atom stereocenters. The van der Waals surface area contributed by atoms with Gasteiger partial charge >= 0.3 is 0 Å². The molecule has 204 valence electrons. The van der Waals surface area contributed by atoms with E-state index in [2.05, 4.69) is 25.0 Å². The van der Waals surface area contributed by atoms with Crippen molar-refractivity contribution in [1.29, 1.82) is 0 Å². The minimum Gasteiger partial charge on any atom is -0.477 e. The highest BCUT2D eigenvalue weighted by molar-refractivity contribution is 7.93. The van der Waals surface area contributed by atoms with Gasteiger partial charge in [0.2, 0.25) is 15.9 Å². The van der Waals surface area contributed by atoms with Gasteiger partial charge in [-0.05, 0) is 64.5 Å². The van der Waals surface area contributed by atoms with Crippen molar-refractivity contribution in [2.75, 3.05) is 32.0 Å². The predicted molar refractivity (Wildman–Crippen MR) is 149 cm³/mol. The van der Waals surface area contributed by atoms with E-state index in [-0.39, 0.29) is 17.2 Å². The SMILES string of the molecule is CCOc1cncc(-c2cnc(C(=O)N[C@H](CCN(C)C)c3cccc(NS(=O)(=O)C4CCCC4)c3)s2)n1. The first-order chi connectivity index (χ1) is 18.2. The molecule has 1 aromatic carbocycles. The first-order valence-electron chi connectivity index (χ1n) is 12.7. The molecule has 0 radical (unpaired) electrons. The quantitative estimate of drug-likeness (QED) is 0.340. The molecule has 2 aromatic heterocycles. The number of amides is 1. The molecule has 0 aliphatic heterocycles. The fraction of sp³-hybridized carbons (Fsp3) is 0.462. The molecule has 10 nitrogen and oxygen atoms in total. The van der Waals surface area contributed by atoms with Crippen LogP contribution < -0.4 is 14.8 Å². The highest BCUT2D eigenvalue weighted by Gasteiger charge is 2.29. The molecule has 1 aliphatic carbocycles. The Hall–Kier alpha value is -3.09. The predicted octanol–water partition coefficient (Wildman–Crippen LogP) is 4.11. The Labute approximate surface area is 227 Å². The van der Waals surface area contributed by atoms with Crippen LogP contribution in [0, 0.1) is 0 Å². The normalized spacial score (nSPS) is 14.9. The Balaban J connectivity index is 1.51. The van der Waals surface area contributed by atoms with Gasteiger partial charge in [-0.1, -0.05) is 25.0 Å². The van der Waals surface area contributed by atoms with E-state index in [0.717, 1.165) is 24.9 Å². The van der Waals surface area contributed by atoms with E-state index in [1.54, 1.807) is 30.7 Å². The zero-order chi connectivity index (χ0) is 27.1. The van der Waals surface area contributed by atoms with E-state index >= 15 is 0 Å². The van der Waals surface area contributed by atoms with Gasteiger partial charge in [0.1, 0.15) is 5.69 Å². The number of ether oxygens (including phenoxy) is 1. The van der Waals surface area contributed by atoms with Crippen LogP contribution >= 0.6 is 11.3 Å². The number of anilines is 1. The van der Waals surface area contributed by atoms with Gasteiger partial charge < -0.3 is 15.0 Å². The summed E-state index contributed by atoms with van der Waals surface area (Å²) in [6.45, 7) is 3.08. The molecule has 0 bridgehead atoms. The van der Waals surface area contributed by atoms with E-state index in [0.29, 0.717) is 53.0 Å². The van der Waals surface area contributed by atoms with Gasteiger partial charge in [0.15, 0.2) is 5.01 Å². The summed E-state index contributed by atoms with van der Waals surface area (Å²) in [5, 5.41) is 3.04. The van der Waals surface area contributed by atoms with E-state index in [1.807, 2.05) is 38.1 Å². The van der Waals surface area contributed by atoms with Gasteiger partial charge in [0, 0.05) is 11.9 Å². The zero-order valence-corrected chi connectivity index (χ0v) is 23.5. The zero-order valence-electron chi connectivity index (χ0n) is 21.9. The maximum atomic E-state index is 13.2. The van der Waals surface area contributed by atoms with Crippen LogP contribution in [-0.2, 0) is 10.0 Å². The van der Waals surface area contributed by atoms with Crippen molar-refractivity contribution in [3.05, 3.63) is 53.4 Å². The summed E-state index contributed by atoms with van der Waals surface area (Å²) < 4.78 is 33.8. The number of sulfonamides is 1. The van der Waals surface area contributed by atoms with E-state index in [9.17, 15) is 13.2 Å². The standard InChI is InChI=1S/C26H34N6O4S2/c1-4-36-24-17-27-15-22(29-24)23-16-28-26(37-23)25(33)30-21(12-13-32(2)3)18-8-7-9-19(14-18)31-38(34,35)20-10-5-6-11-20/h7-9,14-17,20-21,31H,4-6,10-13H2,1-3H3,(H,30,33)/t21-/m1/s1. The Morgan fingerprint density at radius 2 is 2.00 bits per heavy atom. The van der Waals surface area contributed by atoms with Crippen LogP contribution in [0.4, 0.5) is 5.69 Å². The van der Waals surface area contributed by atoms with Crippen LogP contribution in [-0.4, -0.2) is 66.7 Å². The third-order valence-electron chi connectivity index (χ3n) is 6.32. The maximum Gasteiger partial charge on any atom is 0.280 e. The van der Waals surface area contributed by atoms with E-state index < -0.39 is 10.0 Å². The molecule has 2 heterocycles. The highest BCUT2D eigenvalue weighted by Crippen LogP contribution is 2.29. The molecule has 4 rings (SSSR count). The summed E-state index contributed by atoms with van der Waals surface area (Å²) in [4.78, 5) is 28.9. The molecular formula is C26H34N6O4S2. The second-order valence-corrected chi connectivity index (χ2v) is 12.5. The average Bonchev–Trinajstić information content (AvgIpc) is 3.60. The topological polar surface area (TPSA) is 126 Å². The second-order valence-electron chi connectivity index (χ2n) is 9.50. The molecule has 0 spiro atoms. The Morgan fingerprint density at radius 1 is 1.21 bits per heavy atom. The van der Waals surface area contributed by atoms with Crippen molar-refractivity contribution < 1.29 is 17.9 Å². The number of benzene rings is 1. The molecular weight excluding hydrogens is 524 g/mol. The molecule has 1 saturated carbocycles. The van der Waals surface area contributed by atoms with Crippen LogP contribution in [0.5, 0.6) is 5.88 Å². The van der Waals surface area contributed by atoms with Crippen LogP contribution in [0.3, 0.4) is 0 Å². The fourth-order valence-corrected chi connectivity index (χ4v) is 6.73. The number of nitrogens with zero attached hydrogens (tertiary/aromatic N) is 4. The average molecular weight is 559 g/mol. The third kappa shape index (κ3) is 7.27. The number of hydrogen-bond donors (Lipinski definition) is 2. The highest BCUT2D eigenvalue weighted by atomic mass is 32.2. The smallest absolute Gasteiger partial charge is 0.280 e. The van der Waals surface area contributed by atoms with Crippen LogP contribution in [0.15, 0.2) is 42.9 Å². The Bertz CT molecular complexity index is 1340. The number of rotatable bonds is 12. The monoisotopic (exact) mass is 558 g/mol. The molecule has 0 saturated heterocycles. The summed E-state index contributed by atoms with van der Waals surface area (Å²) in [5.74, 6) is 0.104. The molecule has 1 amide bonds. The lowest BCUT2D eigenvalue weighted by Gasteiger charge is -2.22. The van der Waals surface area contributed by atoms with Crippen molar-refractivity contribution in [3.8, 4) is 16.5 Å². The molecule has 1 aliphatic rings. The first kappa shape index (κ1) is 27.9. The number of carbonyl (C=O) groups excluding carboxylic acids is 1. The van der Waals surface area contributed by atoms with E-state index in [1.165, 1.54) is 11.3 Å². The lowest BCUT2D eigenvalue weighted by Crippen LogP contribution is -2.31. The van der Waals surface area contributed by atoms with Crippen LogP contribution in [0.25, 0.3) is 10.6 Å². The lowest BCUT2D eigenvalue weighted by molar-refractivity contribution is 0.0932. The minimum atomic E-state index is -3.45. The fourth-order valence-electron chi connectivity index (χ4n) is 4.38. The van der Waals surface area contributed by atoms with Gasteiger partial charge in [-0.2, -0.15) is 0 Å². The van der Waals surface area contributed by atoms with Crippen molar-refractivity contribution in [2.45, 2.75) is 50.3 Å². The minimum absolute atomic E-state index is 0.302. The van der Waals surface area contributed by atoms with Crippen molar-refractivity contribution in [1.82, 2.24) is 25.2 Å². The number of hydrogen-bond acceptors (Lipinski definition) is 9. The number of carbonyl (C=O) groups is 1. The van der Waals surface area contributed by atoms with E-state index in [4.69, 9.17) is 4.74 Å². The Morgan fingerprint density at radius 3 is 2.74 bits per heavy atom. The number of thiazole rings is 1. The third-order valence-corrected chi connectivity index (χ3v) is 9.21. The first-order valence-corrected chi connectivity index (χ1v) is 15.1. The summed E-state index contributed by atoms with van der Waals surface area (Å²) in [5.41, 5.74) is 1.90. The number of nitrogens with one attached hydrogen (secondary N) is 2. The lowest BCUT2D eigenvalue weighted by atomic mass is 10.0. The van der Waals surface area contributed by atoms with Gasteiger partial charge in [-0.25, -0.2) is 18.4 Å². The Kier molecular flexibility index (Phi) is 9.29. The molecule has 38 heavy (non-hydrogen) atoms. The van der Waals surface area contributed by atoms with Gasteiger partial charge in [-0.3, -0.25) is 14.5 Å². The summed E-state index contributed by atoms with van der Waals surface area (Å²) in [7, 11) is 0.484. The maximum absolute atomic E-state index is 13.2. The summed E-state index contributed by atoms with van der Waals surface area (Å²) in [6, 6.07) is 6.91. The van der Waals surface area contributed by atoms with Gasteiger partial charge in [0.05, 0.1) is 35.2 Å². The van der Waals surface area contributed by atoms with Gasteiger partial charge in [-0.15, -0.1) is 11.3 Å².